The predicted molar refractivity (Wildman–Crippen MR) is 70.9 cm³/mol. The van der Waals surface area contributed by atoms with E-state index in [-0.39, 0.29) is 5.75 Å². The van der Waals surface area contributed by atoms with Gasteiger partial charge in [-0.25, -0.2) is 0 Å². The second-order valence-electron chi connectivity index (χ2n) is 3.85. The highest BCUT2D eigenvalue weighted by Gasteiger charge is 2.08. The Labute approximate surface area is 107 Å². The zero-order chi connectivity index (χ0) is 12.8. The van der Waals surface area contributed by atoms with Crippen molar-refractivity contribution in [1.29, 1.82) is 0 Å². The molecular formula is C15H16O3. The van der Waals surface area contributed by atoms with Crippen LogP contribution in [0, 0.1) is 0 Å². The standard InChI is InChI=1S/C15H16O3/c1-17-10-11-18-15-9-5-3-7-13(15)12-6-2-4-8-14(12)16/h2-9,16H,10-11H2,1H3. The van der Waals surface area contributed by atoms with Crippen molar-refractivity contribution < 1.29 is 14.6 Å². The molecule has 0 fully saturated rings. The summed E-state index contributed by atoms with van der Waals surface area (Å²) in [4.78, 5) is 0. The summed E-state index contributed by atoms with van der Waals surface area (Å²) in [6.07, 6.45) is 0. The Balaban J connectivity index is 2.30. The van der Waals surface area contributed by atoms with E-state index in [4.69, 9.17) is 9.47 Å². The van der Waals surface area contributed by atoms with Gasteiger partial charge in [0.2, 0.25) is 0 Å². The molecule has 0 aliphatic heterocycles. The molecule has 0 aliphatic rings. The van der Waals surface area contributed by atoms with E-state index in [2.05, 4.69) is 0 Å². The molecule has 0 spiro atoms. The number of hydrogen-bond donors (Lipinski definition) is 1. The van der Waals surface area contributed by atoms with Crippen LogP contribution in [0.4, 0.5) is 0 Å². The lowest BCUT2D eigenvalue weighted by Crippen LogP contribution is -2.04. The SMILES string of the molecule is COCCOc1ccccc1-c1ccccc1O. The molecule has 0 atom stereocenters. The normalized spacial score (nSPS) is 10.3. The van der Waals surface area contributed by atoms with Crippen LogP contribution in [0.1, 0.15) is 0 Å². The van der Waals surface area contributed by atoms with Crippen molar-refractivity contribution in [1.82, 2.24) is 0 Å². The number of aromatic hydroxyl groups is 1. The summed E-state index contributed by atoms with van der Waals surface area (Å²) in [6.45, 7) is 1.02. The molecule has 0 amide bonds. The zero-order valence-electron chi connectivity index (χ0n) is 10.3. The fourth-order valence-electron chi connectivity index (χ4n) is 1.75. The van der Waals surface area contributed by atoms with E-state index in [1.54, 1.807) is 19.2 Å². The monoisotopic (exact) mass is 244 g/mol. The molecule has 0 radical (unpaired) electrons. The predicted octanol–water partition coefficient (Wildman–Crippen LogP) is 3.08. The minimum Gasteiger partial charge on any atom is -0.507 e. The van der Waals surface area contributed by atoms with Crippen LogP contribution in [0.15, 0.2) is 48.5 Å². The first-order valence-electron chi connectivity index (χ1n) is 5.82. The van der Waals surface area contributed by atoms with Gasteiger partial charge in [-0.15, -0.1) is 0 Å². The van der Waals surface area contributed by atoms with E-state index in [1.165, 1.54) is 0 Å². The van der Waals surface area contributed by atoms with Crippen molar-refractivity contribution in [2.45, 2.75) is 0 Å². The fourth-order valence-corrected chi connectivity index (χ4v) is 1.75. The van der Waals surface area contributed by atoms with Gasteiger partial charge in [-0.1, -0.05) is 36.4 Å². The summed E-state index contributed by atoms with van der Waals surface area (Å²) in [5, 5.41) is 9.88. The molecule has 3 heteroatoms. The summed E-state index contributed by atoms with van der Waals surface area (Å²) in [7, 11) is 1.64. The van der Waals surface area contributed by atoms with Gasteiger partial charge in [0.1, 0.15) is 18.1 Å². The number of para-hydroxylation sites is 2. The molecule has 2 aromatic rings. The van der Waals surface area contributed by atoms with Gasteiger partial charge in [-0.3, -0.25) is 0 Å². The minimum atomic E-state index is 0.250. The largest absolute Gasteiger partial charge is 0.507 e. The lowest BCUT2D eigenvalue weighted by molar-refractivity contribution is 0.146. The molecule has 0 saturated carbocycles. The van der Waals surface area contributed by atoms with E-state index in [0.29, 0.717) is 13.2 Å². The number of phenols is 1. The van der Waals surface area contributed by atoms with Gasteiger partial charge < -0.3 is 14.6 Å². The Morgan fingerprint density at radius 3 is 2.28 bits per heavy atom. The van der Waals surface area contributed by atoms with Crippen LogP contribution in [0.3, 0.4) is 0 Å². The lowest BCUT2D eigenvalue weighted by atomic mass is 10.0. The van der Waals surface area contributed by atoms with Crippen molar-refractivity contribution in [3.63, 3.8) is 0 Å². The Morgan fingerprint density at radius 2 is 1.56 bits per heavy atom. The van der Waals surface area contributed by atoms with Gasteiger partial charge in [0, 0.05) is 18.2 Å². The van der Waals surface area contributed by atoms with Gasteiger partial charge in [-0.2, -0.15) is 0 Å². The van der Waals surface area contributed by atoms with E-state index in [9.17, 15) is 5.11 Å². The molecule has 1 N–H and O–H groups in total. The molecule has 3 nitrogen and oxygen atoms in total. The number of ether oxygens (including phenoxy) is 2. The average molecular weight is 244 g/mol. The maximum atomic E-state index is 9.88. The Bertz CT molecular complexity index is 509. The van der Waals surface area contributed by atoms with Crippen LogP contribution in [0.25, 0.3) is 11.1 Å². The van der Waals surface area contributed by atoms with Gasteiger partial charge >= 0.3 is 0 Å². The molecule has 0 saturated heterocycles. The summed E-state index contributed by atoms with van der Waals surface area (Å²) >= 11 is 0. The third-order valence-corrected chi connectivity index (χ3v) is 2.63. The summed E-state index contributed by atoms with van der Waals surface area (Å²) in [5.41, 5.74) is 1.65. The molecule has 18 heavy (non-hydrogen) atoms. The Hall–Kier alpha value is -2.00. The lowest BCUT2D eigenvalue weighted by Gasteiger charge is -2.12. The van der Waals surface area contributed by atoms with E-state index in [1.807, 2.05) is 36.4 Å². The summed E-state index contributed by atoms with van der Waals surface area (Å²) < 4.78 is 10.6. The molecule has 0 aromatic heterocycles. The summed E-state index contributed by atoms with van der Waals surface area (Å²) in [5.74, 6) is 0.997. The maximum absolute atomic E-state index is 9.88. The van der Waals surface area contributed by atoms with E-state index in [0.717, 1.165) is 16.9 Å². The first-order valence-corrected chi connectivity index (χ1v) is 5.82. The molecule has 2 rings (SSSR count). The summed E-state index contributed by atoms with van der Waals surface area (Å²) in [6, 6.07) is 14.9. The average Bonchev–Trinajstić information content (AvgIpc) is 2.40. The highest BCUT2D eigenvalue weighted by Crippen LogP contribution is 2.35. The number of phenolic OH excluding ortho intramolecular Hbond substituents is 1. The van der Waals surface area contributed by atoms with E-state index >= 15 is 0 Å². The van der Waals surface area contributed by atoms with E-state index < -0.39 is 0 Å². The fraction of sp³-hybridized carbons (Fsp3) is 0.200. The minimum absolute atomic E-state index is 0.250. The van der Waals surface area contributed by atoms with Crippen molar-refractivity contribution >= 4 is 0 Å². The second kappa shape index (κ2) is 6.07. The van der Waals surface area contributed by atoms with Crippen LogP contribution < -0.4 is 4.74 Å². The Morgan fingerprint density at radius 1 is 0.889 bits per heavy atom. The molecule has 2 aromatic carbocycles. The molecule has 94 valence electrons. The van der Waals surface area contributed by atoms with Gasteiger partial charge in [0.05, 0.1) is 6.61 Å². The van der Waals surface area contributed by atoms with Crippen LogP contribution in [0.2, 0.25) is 0 Å². The van der Waals surface area contributed by atoms with Crippen molar-refractivity contribution in [2.24, 2.45) is 0 Å². The van der Waals surface area contributed by atoms with Gasteiger partial charge in [0.25, 0.3) is 0 Å². The number of methoxy groups -OCH3 is 1. The van der Waals surface area contributed by atoms with Gasteiger partial charge in [-0.05, 0) is 12.1 Å². The molecule has 0 bridgehead atoms. The third kappa shape index (κ3) is 2.81. The maximum Gasteiger partial charge on any atom is 0.127 e. The highest BCUT2D eigenvalue weighted by molar-refractivity contribution is 5.75. The van der Waals surface area contributed by atoms with Crippen LogP contribution in [-0.4, -0.2) is 25.4 Å². The second-order valence-corrected chi connectivity index (χ2v) is 3.85. The number of rotatable bonds is 5. The van der Waals surface area contributed by atoms with Crippen LogP contribution in [0.5, 0.6) is 11.5 Å². The number of benzene rings is 2. The van der Waals surface area contributed by atoms with Crippen LogP contribution in [-0.2, 0) is 4.74 Å². The smallest absolute Gasteiger partial charge is 0.127 e. The van der Waals surface area contributed by atoms with Crippen molar-refractivity contribution in [3.05, 3.63) is 48.5 Å². The molecule has 0 aliphatic carbocycles. The zero-order valence-corrected chi connectivity index (χ0v) is 10.3. The quantitative estimate of drug-likeness (QED) is 0.821. The van der Waals surface area contributed by atoms with Crippen LogP contribution >= 0.6 is 0 Å². The van der Waals surface area contributed by atoms with Crippen molar-refractivity contribution in [3.8, 4) is 22.6 Å². The first kappa shape index (κ1) is 12.5. The molecule has 0 unspecified atom stereocenters. The van der Waals surface area contributed by atoms with Gasteiger partial charge in [0.15, 0.2) is 0 Å². The van der Waals surface area contributed by atoms with Crippen molar-refractivity contribution in [2.75, 3.05) is 20.3 Å². The third-order valence-electron chi connectivity index (χ3n) is 2.63. The molecule has 0 heterocycles. The number of hydrogen-bond acceptors (Lipinski definition) is 3. The Kier molecular flexibility index (Phi) is 4.20. The highest BCUT2D eigenvalue weighted by atomic mass is 16.5. The first-order chi connectivity index (χ1) is 8.83. The molecular weight excluding hydrogens is 228 g/mol. The topological polar surface area (TPSA) is 38.7 Å².